The van der Waals surface area contributed by atoms with E-state index in [2.05, 4.69) is 15.3 Å². The Kier molecular flexibility index (Phi) is 5.56. The molecule has 1 aromatic heterocycles. The zero-order chi connectivity index (χ0) is 23.0. The zero-order valence-electron chi connectivity index (χ0n) is 17.7. The Morgan fingerprint density at radius 3 is 2.45 bits per heavy atom. The maximum absolute atomic E-state index is 13.1. The molecule has 5 rings (SSSR count). The smallest absolute Gasteiger partial charge is 0.323 e. The largest absolute Gasteiger partial charge is 0.486 e. The molecule has 0 bridgehead atoms. The van der Waals surface area contributed by atoms with Crippen LogP contribution in [0.5, 0.6) is 11.5 Å². The van der Waals surface area contributed by atoms with Gasteiger partial charge in [0.2, 0.25) is 15.9 Å². The molecule has 2 aliphatic heterocycles. The van der Waals surface area contributed by atoms with Gasteiger partial charge in [0.1, 0.15) is 13.2 Å². The molecule has 11 nitrogen and oxygen atoms in total. The number of hydrogen-bond acceptors (Lipinski definition) is 7. The van der Waals surface area contributed by atoms with Gasteiger partial charge in [0, 0.05) is 37.9 Å². The van der Waals surface area contributed by atoms with Gasteiger partial charge in [-0.15, -0.1) is 0 Å². The van der Waals surface area contributed by atoms with Crippen molar-refractivity contribution in [1.82, 2.24) is 19.2 Å². The Morgan fingerprint density at radius 2 is 1.67 bits per heavy atom. The Labute approximate surface area is 189 Å². The number of piperazine rings is 1. The van der Waals surface area contributed by atoms with Crippen molar-refractivity contribution in [1.29, 1.82) is 0 Å². The molecule has 0 unspecified atom stereocenters. The molecule has 0 aliphatic carbocycles. The van der Waals surface area contributed by atoms with Gasteiger partial charge in [0.15, 0.2) is 11.5 Å². The quantitative estimate of drug-likeness (QED) is 0.493. The summed E-state index contributed by atoms with van der Waals surface area (Å²) < 4.78 is 38.5. The Hall–Kier alpha value is -3.35. The number of rotatable bonds is 5. The van der Waals surface area contributed by atoms with E-state index < -0.39 is 10.0 Å². The minimum atomic E-state index is -3.68. The fourth-order valence-electron chi connectivity index (χ4n) is 3.98. The first-order valence-electron chi connectivity index (χ1n) is 10.5. The highest BCUT2D eigenvalue weighted by Crippen LogP contribution is 2.33. The Bertz CT molecular complexity index is 1360. The third kappa shape index (κ3) is 4.45. The van der Waals surface area contributed by atoms with Crippen LogP contribution in [-0.2, 0) is 14.8 Å². The van der Waals surface area contributed by atoms with Gasteiger partial charge in [-0.05, 0) is 30.3 Å². The molecule has 0 radical (unpaired) electrons. The standard InChI is InChI=1S/C21H23N5O6S/c27-20(22-14-1-3-16-17(11-14)24-21(28)23-16)13-25-5-7-26(8-6-25)33(29,30)15-2-4-18-19(12-15)32-10-9-31-18/h1-4,11-12H,5-10,13H2,(H,22,27)(H2,23,24,28). The molecule has 0 atom stereocenters. The summed E-state index contributed by atoms with van der Waals surface area (Å²) in [5.74, 6) is 0.757. The number of H-pyrrole nitrogens is 2. The molecule has 2 aliphatic rings. The summed E-state index contributed by atoms with van der Waals surface area (Å²) in [4.78, 5) is 31.2. The second-order valence-corrected chi connectivity index (χ2v) is 9.81. The number of hydrogen-bond donors (Lipinski definition) is 3. The van der Waals surface area contributed by atoms with Crippen molar-refractivity contribution < 1.29 is 22.7 Å². The van der Waals surface area contributed by atoms with Crippen LogP contribution in [0.3, 0.4) is 0 Å². The highest BCUT2D eigenvalue weighted by molar-refractivity contribution is 7.89. The number of aromatic amines is 2. The number of aromatic nitrogens is 2. The lowest BCUT2D eigenvalue weighted by molar-refractivity contribution is -0.117. The van der Waals surface area contributed by atoms with Gasteiger partial charge in [-0.25, -0.2) is 13.2 Å². The molecule has 1 fully saturated rings. The molecule has 3 aromatic rings. The molecule has 1 saturated heterocycles. The van der Waals surface area contributed by atoms with Gasteiger partial charge < -0.3 is 24.8 Å². The van der Waals surface area contributed by atoms with E-state index in [9.17, 15) is 18.0 Å². The van der Waals surface area contributed by atoms with Crippen molar-refractivity contribution in [3.8, 4) is 11.5 Å². The zero-order valence-corrected chi connectivity index (χ0v) is 18.5. The van der Waals surface area contributed by atoms with E-state index in [1.165, 1.54) is 16.4 Å². The highest BCUT2D eigenvalue weighted by Gasteiger charge is 2.30. The number of sulfonamides is 1. The van der Waals surface area contributed by atoms with Crippen molar-refractivity contribution in [3.05, 3.63) is 46.9 Å². The highest BCUT2D eigenvalue weighted by atomic mass is 32.2. The summed E-state index contributed by atoms with van der Waals surface area (Å²) in [7, 11) is -3.68. The van der Waals surface area contributed by atoms with E-state index in [-0.39, 0.29) is 36.1 Å². The number of anilines is 1. The van der Waals surface area contributed by atoms with E-state index in [0.717, 1.165) is 0 Å². The Balaban J connectivity index is 1.18. The lowest BCUT2D eigenvalue weighted by Gasteiger charge is -2.33. The van der Waals surface area contributed by atoms with Gasteiger partial charge in [-0.2, -0.15) is 4.31 Å². The molecular formula is C21H23N5O6S. The number of carbonyl (C=O) groups is 1. The van der Waals surface area contributed by atoms with Crippen molar-refractivity contribution >= 4 is 32.7 Å². The topological polar surface area (TPSA) is 137 Å². The molecule has 0 spiro atoms. The summed E-state index contributed by atoms with van der Waals surface area (Å²) in [6, 6.07) is 9.74. The third-order valence-electron chi connectivity index (χ3n) is 5.65. The predicted octanol–water partition coefficient (Wildman–Crippen LogP) is 0.572. The number of benzene rings is 2. The van der Waals surface area contributed by atoms with Crippen LogP contribution in [0.4, 0.5) is 5.69 Å². The van der Waals surface area contributed by atoms with Crippen LogP contribution in [0, 0.1) is 0 Å². The maximum Gasteiger partial charge on any atom is 0.323 e. The number of nitrogens with one attached hydrogen (secondary N) is 3. The van der Waals surface area contributed by atoms with E-state index in [1.807, 2.05) is 4.90 Å². The molecule has 3 N–H and O–H groups in total. The fraction of sp³-hybridized carbons (Fsp3) is 0.333. The summed E-state index contributed by atoms with van der Waals surface area (Å²) in [5.41, 5.74) is 1.53. The molecule has 2 aromatic carbocycles. The first kappa shape index (κ1) is 21.5. The van der Waals surface area contributed by atoms with Gasteiger partial charge in [0.25, 0.3) is 0 Å². The summed E-state index contributed by atoms with van der Waals surface area (Å²) in [6.45, 7) is 2.38. The second kappa shape index (κ2) is 8.54. The molecule has 12 heteroatoms. The number of carbonyl (C=O) groups excluding carboxylic acids is 1. The van der Waals surface area contributed by atoms with Gasteiger partial charge >= 0.3 is 5.69 Å². The minimum Gasteiger partial charge on any atom is -0.486 e. The number of ether oxygens (including phenoxy) is 2. The van der Waals surface area contributed by atoms with E-state index in [4.69, 9.17) is 9.47 Å². The van der Waals surface area contributed by atoms with E-state index in [1.54, 1.807) is 24.3 Å². The average Bonchev–Trinajstić information content (AvgIpc) is 3.18. The number of fused-ring (bicyclic) bond motifs is 2. The Morgan fingerprint density at radius 1 is 0.939 bits per heavy atom. The molecular weight excluding hydrogens is 450 g/mol. The third-order valence-corrected chi connectivity index (χ3v) is 7.54. The molecule has 1 amide bonds. The first-order valence-corrected chi connectivity index (χ1v) is 12.0. The first-order chi connectivity index (χ1) is 15.9. The second-order valence-electron chi connectivity index (χ2n) is 7.87. The summed E-state index contributed by atoms with van der Waals surface area (Å²) >= 11 is 0. The van der Waals surface area contributed by atoms with Crippen LogP contribution in [0.1, 0.15) is 0 Å². The van der Waals surface area contributed by atoms with Gasteiger partial charge in [0.05, 0.1) is 22.5 Å². The molecule has 0 saturated carbocycles. The summed E-state index contributed by atoms with van der Waals surface area (Å²) in [6.07, 6.45) is 0. The van der Waals surface area contributed by atoms with Crippen molar-refractivity contribution in [3.63, 3.8) is 0 Å². The number of amides is 1. The number of imidazole rings is 1. The van der Waals surface area contributed by atoms with E-state index >= 15 is 0 Å². The SMILES string of the molecule is O=C(CN1CCN(S(=O)(=O)c2ccc3c(c2)OCCO3)CC1)Nc1ccc2[nH]c(=O)[nH]c2c1. The van der Waals surface area contributed by atoms with Crippen LogP contribution in [0.25, 0.3) is 11.0 Å². The van der Waals surface area contributed by atoms with Crippen molar-refractivity contribution in [2.75, 3.05) is 51.3 Å². The number of nitrogens with zero attached hydrogens (tertiary/aromatic N) is 2. The normalized spacial score (nSPS) is 17.2. The van der Waals surface area contributed by atoms with Crippen LogP contribution in [0.15, 0.2) is 46.1 Å². The molecule has 3 heterocycles. The van der Waals surface area contributed by atoms with Crippen LogP contribution in [-0.4, -0.2) is 79.4 Å². The van der Waals surface area contributed by atoms with Crippen LogP contribution >= 0.6 is 0 Å². The summed E-state index contributed by atoms with van der Waals surface area (Å²) in [5, 5.41) is 2.81. The fourth-order valence-corrected chi connectivity index (χ4v) is 5.41. The molecule has 33 heavy (non-hydrogen) atoms. The van der Waals surface area contributed by atoms with Crippen molar-refractivity contribution in [2.24, 2.45) is 0 Å². The van der Waals surface area contributed by atoms with Crippen molar-refractivity contribution in [2.45, 2.75) is 4.90 Å². The van der Waals surface area contributed by atoms with E-state index in [0.29, 0.717) is 54.5 Å². The lowest BCUT2D eigenvalue weighted by atomic mass is 10.2. The lowest BCUT2D eigenvalue weighted by Crippen LogP contribution is -2.50. The van der Waals surface area contributed by atoms with Crippen LogP contribution < -0.4 is 20.5 Å². The minimum absolute atomic E-state index is 0.138. The predicted molar refractivity (Wildman–Crippen MR) is 120 cm³/mol. The van der Waals surface area contributed by atoms with Crippen LogP contribution in [0.2, 0.25) is 0 Å². The monoisotopic (exact) mass is 473 g/mol. The maximum atomic E-state index is 13.1. The molecule has 174 valence electrons. The van der Waals surface area contributed by atoms with Gasteiger partial charge in [-0.1, -0.05) is 0 Å². The average molecular weight is 474 g/mol. The van der Waals surface area contributed by atoms with Gasteiger partial charge in [-0.3, -0.25) is 9.69 Å².